The van der Waals surface area contributed by atoms with Crippen LogP contribution in [0.1, 0.15) is 19.3 Å². The normalized spacial score (nSPS) is 22.5. The van der Waals surface area contributed by atoms with Crippen molar-refractivity contribution in [3.8, 4) is 0 Å². The number of urea groups is 1. The van der Waals surface area contributed by atoms with E-state index in [9.17, 15) is 4.79 Å². The van der Waals surface area contributed by atoms with E-state index in [2.05, 4.69) is 10.6 Å². The fourth-order valence-corrected chi connectivity index (χ4v) is 0.801. The first-order valence-corrected chi connectivity index (χ1v) is 3.99. The Kier molecular flexibility index (Phi) is 3.16. The van der Waals surface area contributed by atoms with Crippen LogP contribution >= 0.6 is 0 Å². The maximum absolute atomic E-state index is 10.0. The Balaban J connectivity index is 0.000000112. The average molecular weight is 158 g/mol. The molecular formula is C7H14N2O2. The molecule has 1 heterocycles. The summed E-state index contributed by atoms with van der Waals surface area (Å²) in [6, 6.07) is -0.0463. The molecule has 2 fully saturated rings. The zero-order valence-corrected chi connectivity index (χ0v) is 6.47. The summed E-state index contributed by atoms with van der Waals surface area (Å²) in [6.45, 7) is 1.55. The minimum Gasteiger partial charge on any atom is -0.393 e. The van der Waals surface area contributed by atoms with Crippen LogP contribution in [0.25, 0.3) is 0 Å². The molecule has 1 saturated heterocycles. The van der Waals surface area contributed by atoms with Crippen LogP contribution in [0.4, 0.5) is 4.79 Å². The molecule has 4 nitrogen and oxygen atoms in total. The molecule has 2 aliphatic rings. The highest BCUT2D eigenvalue weighted by Gasteiger charge is 2.11. The van der Waals surface area contributed by atoms with E-state index in [1.165, 1.54) is 6.42 Å². The second-order valence-corrected chi connectivity index (χ2v) is 2.77. The standard InChI is InChI=1S/C4H8O.C3H6N2O/c5-4-2-1-3-4;6-3-4-1-2-5-3/h4-5H,1-3H2;1-2H2,(H2,4,5,6). The smallest absolute Gasteiger partial charge is 0.314 e. The first-order chi connectivity index (χ1) is 5.29. The number of rotatable bonds is 0. The van der Waals surface area contributed by atoms with Crippen LogP contribution in [0.15, 0.2) is 0 Å². The largest absolute Gasteiger partial charge is 0.393 e. The number of nitrogens with one attached hydrogen (secondary N) is 2. The van der Waals surface area contributed by atoms with Gasteiger partial charge in [-0.25, -0.2) is 4.79 Å². The van der Waals surface area contributed by atoms with Crippen LogP contribution in [-0.2, 0) is 0 Å². The van der Waals surface area contributed by atoms with Gasteiger partial charge in [0.15, 0.2) is 0 Å². The van der Waals surface area contributed by atoms with Crippen LogP contribution in [-0.4, -0.2) is 30.3 Å². The molecule has 0 atom stereocenters. The SMILES string of the molecule is O=C1NCCN1.OC1CCC1. The summed E-state index contributed by atoms with van der Waals surface area (Å²) in [4.78, 5) is 10.0. The summed E-state index contributed by atoms with van der Waals surface area (Å²) in [5.74, 6) is 0. The molecule has 64 valence electrons. The molecule has 0 unspecified atom stereocenters. The summed E-state index contributed by atoms with van der Waals surface area (Å²) in [6.07, 6.45) is 3.39. The van der Waals surface area contributed by atoms with E-state index in [-0.39, 0.29) is 12.1 Å². The second kappa shape index (κ2) is 4.18. The van der Waals surface area contributed by atoms with Gasteiger partial charge in [-0.3, -0.25) is 0 Å². The molecule has 2 amide bonds. The molecule has 1 aliphatic heterocycles. The van der Waals surface area contributed by atoms with Crippen molar-refractivity contribution < 1.29 is 9.90 Å². The number of aliphatic hydroxyl groups excluding tert-OH is 1. The topological polar surface area (TPSA) is 61.4 Å². The molecule has 2 rings (SSSR count). The van der Waals surface area contributed by atoms with Crippen LogP contribution < -0.4 is 10.6 Å². The van der Waals surface area contributed by atoms with Crippen LogP contribution in [0.3, 0.4) is 0 Å². The minimum absolute atomic E-state index is 0.0463. The summed E-state index contributed by atoms with van der Waals surface area (Å²) >= 11 is 0. The van der Waals surface area contributed by atoms with E-state index in [1.807, 2.05) is 0 Å². The zero-order valence-electron chi connectivity index (χ0n) is 6.47. The fraction of sp³-hybridized carbons (Fsp3) is 0.857. The van der Waals surface area contributed by atoms with Gasteiger partial charge in [-0.15, -0.1) is 0 Å². The number of hydrogen-bond donors (Lipinski definition) is 3. The van der Waals surface area contributed by atoms with Crippen molar-refractivity contribution in [2.45, 2.75) is 25.4 Å². The average Bonchev–Trinajstić information content (AvgIpc) is 2.36. The number of hydrogen-bond acceptors (Lipinski definition) is 2. The van der Waals surface area contributed by atoms with E-state index in [1.54, 1.807) is 0 Å². The molecule has 0 radical (unpaired) electrons. The lowest BCUT2D eigenvalue weighted by atomic mass is 9.97. The van der Waals surface area contributed by atoms with E-state index < -0.39 is 0 Å². The van der Waals surface area contributed by atoms with Gasteiger partial charge in [-0.1, -0.05) is 0 Å². The van der Waals surface area contributed by atoms with Gasteiger partial charge in [0.1, 0.15) is 0 Å². The summed E-state index contributed by atoms with van der Waals surface area (Å²) in [5, 5.41) is 13.6. The quantitative estimate of drug-likeness (QED) is 0.458. The third-order valence-corrected chi connectivity index (χ3v) is 1.77. The molecule has 1 aliphatic carbocycles. The van der Waals surface area contributed by atoms with Crippen molar-refractivity contribution >= 4 is 6.03 Å². The Morgan fingerprint density at radius 1 is 1.27 bits per heavy atom. The Morgan fingerprint density at radius 2 is 1.73 bits per heavy atom. The predicted molar refractivity (Wildman–Crippen MR) is 41.3 cm³/mol. The molecule has 0 bridgehead atoms. The predicted octanol–water partition coefficient (Wildman–Crippen LogP) is -0.170. The third kappa shape index (κ3) is 3.23. The van der Waals surface area contributed by atoms with Gasteiger partial charge in [0.2, 0.25) is 0 Å². The number of carbonyl (C=O) groups is 1. The van der Waals surface area contributed by atoms with E-state index in [0.29, 0.717) is 0 Å². The zero-order chi connectivity index (χ0) is 8.10. The van der Waals surface area contributed by atoms with Gasteiger partial charge < -0.3 is 15.7 Å². The minimum atomic E-state index is -0.0463. The monoisotopic (exact) mass is 158 g/mol. The van der Waals surface area contributed by atoms with Crippen LogP contribution in [0.5, 0.6) is 0 Å². The molecule has 1 saturated carbocycles. The molecule has 11 heavy (non-hydrogen) atoms. The molecule has 0 spiro atoms. The number of amides is 2. The highest BCUT2D eigenvalue weighted by molar-refractivity contribution is 5.75. The Morgan fingerprint density at radius 3 is 1.82 bits per heavy atom. The Labute approximate surface area is 66.0 Å². The van der Waals surface area contributed by atoms with Gasteiger partial charge in [-0.05, 0) is 19.3 Å². The molecule has 4 heteroatoms. The van der Waals surface area contributed by atoms with Gasteiger partial charge in [0.05, 0.1) is 6.10 Å². The second-order valence-electron chi connectivity index (χ2n) is 2.77. The van der Waals surface area contributed by atoms with Crippen molar-refractivity contribution in [2.75, 3.05) is 13.1 Å². The van der Waals surface area contributed by atoms with Crippen molar-refractivity contribution in [3.63, 3.8) is 0 Å². The molecule has 3 N–H and O–H groups in total. The molecule has 0 aromatic heterocycles. The highest BCUT2D eigenvalue weighted by atomic mass is 16.3. The lowest BCUT2D eigenvalue weighted by molar-refractivity contribution is 0.0950. The van der Waals surface area contributed by atoms with E-state index in [0.717, 1.165) is 25.9 Å². The van der Waals surface area contributed by atoms with Crippen molar-refractivity contribution in [1.29, 1.82) is 0 Å². The maximum Gasteiger partial charge on any atom is 0.314 e. The molecular weight excluding hydrogens is 144 g/mol. The summed E-state index contributed by atoms with van der Waals surface area (Å²) in [5.41, 5.74) is 0. The molecule has 0 aromatic carbocycles. The summed E-state index contributed by atoms with van der Waals surface area (Å²) in [7, 11) is 0. The van der Waals surface area contributed by atoms with E-state index in [4.69, 9.17) is 5.11 Å². The van der Waals surface area contributed by atoms with Crippen molar-refractivity contribution in [3.05, 3.63) is 0 Å². The lowest BCUT2D eigenvalue weighted by Crippen LogP contribution is -2.20. The first kappa shape index (κ1) is 8.33. The van der Waals surface area contributed by atoms with Crippen molar-refractivity contribution in [2.24, 2.45) is 0 Å². The van der Waals surface area contributed by atoms with Gasteiger partial charge >= 0.3 is 6.03 Å². The highest BCUT2D eigenvalue weighted by Crippen LogP contribution is 2.16. The van der Waals surface area contributed by atoms with E-state index >= 15 is 0 Å². The first-order valence-electron chi connectivity index (χ1n) is 3.99. The third-order valence-electron chi connectivity index (χ3n) is 1.77. The van der Waals surface area contributed by atoms with Crippen LogP contribution in [0, 0.1) is 0 Å². The Bertz CT molecular complexity index is 126. The fourth-order valence-electron chi connectivity index (χ4n) is 0.801. The van der Waals surface area contributed by atoms with Gasteiger partial charge in [0.25, 0.3) is 0 Å². The molecule has 0 aromatic rings. The Hall–Kier alpha value is -0.770. The number of aliphatic hydroxyl groups is 1. The van der Waals surface area contributed by atoms with Gasteiger partial charge in [-0.2, -0.15) is 0 Å². The number of carbonyl (C=O) groups excluding carboxylic acids is 1. The van der Waals surface area contributed by atoms with Crippen LogP contribution in [0.2, 0.25) is 0 Å². The summed E-state index contributed by atoms with van der Waals surface area (Å²) < 4.78 is 0. The van der Waals surface area contributed by atoms with Gasteiger partial charge in [0, 0.05) is 13.1 Å². The lowest BCUT2D eigenvalue weighted by Gasteiger charge is -2.17. The van der Waals surface area contributed by atoms with Crippen molar-refractivity contribution in [1.82, 2.24) is 10.6 Å². The maximum atomic E-state index is 10.0.